The topological polar surface area (TPSA) is 90.7 Å². The Kier molecular flexibility index (Phi) is 6.47. The van der Waals surface area contributed by atoms with Crippen molar-refractivity contribution in [1.82, 2.24) is 0 Å². The second kappa shape index (κ2) is 8.88. The van der Waals surface area contributed by atoms with Crippen molar-refractivity contribution in [3.8, 4) is 5.75 Å². The highest BCUT2D eigenvalue weighted by Crippen LogP contribution is 2.36. The number of amides is 1. The number of ether oxygens (including phenoxy) is 2. The van der Waals surface area contributed by atoms with E-state index in [0.29, 0.717) is 6.61 Å². The number of alkyl halides is 3. The standard InChI is InChI=1S/C19H16ClF3N2O5/c20-14-5-3-11(8-16(14)25(27)28)18(26)24-15-9-12(19(21,22)23)4-6-17(15)30-10-13-2-1-7-29-13/h3-6,8-9,13H,1-2,7,10H2,(H,24,26). The van der Waals surface area contributed by atoms with Gasteiger partial charge in [0.25, 0.3) is 11.6 Å². The molecule has 0 bridgehead atoms. The summed E-state index contributed by atoms with van der Waals surface area (Å²) in [5, 5.41) is 13.2. The molecule has 1 saturated heterocycles. The minimum Gasteiger partial charge on any atom is -0.489 e. The van der Waals surface area contributed by atoms with E-state index in [-0.39, 0.29) is 34.7 Å². The fourth-order valence-electron chi connectivity index (χ4n) is 2.88. The second-order valence-corrected chi connectivity index (χ2v) is 6.94. The number of hydrogen-bond donors (Lipinski definition) is 1. The molecule has 0 saturated carbocycles. The number of benzene rings is 2. The van der Waals surface area contributed by atoms with Crippen LogP contribution in [0.4, 0.5) is 24.5 Å². The van der Waals surface area contributed by atoms with Gasteiger partial charge < -0.3 is 14.8 Å². The number of halogens is 4. The molecule has 2 aromatic carbocycles. The molecule has 0 spiro atoms. The Hall–Kier alpha value is -2.85. The quantitative estimate of drug-likeness (QED) is 0.495. The zero-order chi connectivity index (χ0) is 21.9. The Labute approximate surface area is 173 Å². The number of carbonyl (C=O) groups is 1. The molecular weight excluding hydrogens is 429 g/mol. The minimum absolute atomic E-state index is 0.0234. The molecule has 1 amide bonds. The van der Waals surface area contributed by atoms with Crippen LogP contribution in [0.15, 0.2) is 36.4 Å². The van der Waals surface area contributed by atoms with E-state index in [0.717, 1.165) is 43.2 Å². The van der Waals surface area contributed by atoms with E-state index in [1.807, 2.05) is 0 Å². The van der Waals surface area contributed by atoms with Crippen LogP contribution in [0.1, 0.15) is 28.8 Å². The van der Waals surface area contributed by atoms with Crippen molar-refractivity contribution in [2.75, 3.05) is 18.5 Å². The zero-order valence-corrected chi connectivity index (χ0v) is 16.1. The fraction of sp³-hybridized carbons (Fsp3) is 0.316. The molecule has 0 aliphatic carbocycles. The normalized spacial score (nSPS) is 16.3. The molecule has 160 valence electrons. The lowest BCUT2D eigenvalue weighted by molar-refractivity contribution is -0.384. The molecule has 1 atom stereocenters. The van der Waals surface area contributed by atoms with E-state index in [1.165, 1.54) is 6.07 Å². The average Bonchev–Trinajstić information content (AvgIpc) is 3.19. The summed E-state index contributed by atoms with van der Waals surface area (Å²) >= 11 is 5.73. The molecule has 1 aliphatic rings. The van der Waals surface area contributed by atoms with E-state index >= 15 is 0 Å². The summed E-state index contributed by atoms with van der Waals surface area (Å²) in [5.74, 6) is -0.827. The maximum atomic E-state index is 13.1. The number of rotatable bonds is 6. The molecule has 1 N–H and O–H groups in total. The number of anilines is 1. The van der Waals surface area contributed by atoms with Crippen LogP contribution >= 0.6 is 11.6 Å². The highest BCUT2D eigenvalue weighted by atomic mass is 35.5. The van der Waals surface area contributed by atoms with Crippen molar-refractivity contribution in [3.63, 3.8) is 0 Å². The molecule has 1 fully saturated rings. The minimum atomic E-state index is -4.63. The number of nitro benzene ring substituents is 1. The first-order chi connectivity index (χ1) is 14.1. The van der Waals surface area contributed by atoms with Crippen LogP contribution in [0.5, 0.6) is 5.75 Å². The summed E-state index contributed by atoms with van der Waals surface area (Å²) in [6.45, 7) is 0.695. The van der Waals surface area contributed by atoms with Gasteiger partial charge >= 0.3 is 6.18 Å². The van der Waals surface area contributed by atoms with Gasteiger partial charge in [-0.25, -0.2) is 0 Å². The van der Waals surface area contributed by atoms with Crippen molar-refractivity contribution in [2.24, 2.45) is 0 Å². The highest BCUT2D eigenvalue weighted by molar-refractivity contribution is 6.32. The number of carbonyl (C=O) groups excluding carboxylic acids is 1. The first-order valence-electron chi connectivity index (χ1n) is 8.86. The predicted octanol–water partition coefficient (Wildman–Crippen LogP) is 5.08. The van der Waals surface area contributed by atoms with Gasteiger partial charge in [0.2, 0.25) is 0 Å². The van der Waals surface area contributed by atoms with Crippen LogP contribution < -0.4 is 10.1 Å². The van der Waals surface area contributed by atoms with Crippen LogP contribution in [-0.2, 0) is 10.9 Å². The van der Waals surface area contributed by atoms with Crippen molar-refractivity contribution in [2.45, 2.75) is 25.1 Å². The molecule has 30 heavy (non-hydrogen) atoms. The van der Waals surface area contributed by atoms with E-state index in [1.54, 1.807) is 0 Å². The molecule has 0 radical (unpaired) electrons. The van der Waals surface area contributed by atoms with Crippen LogP contribution in [0.25, 0.3) is 0 Å². The molecule has 3 rings (SSSR count). The lowest BCUT2D eigenvalue weighted by Gasteiger charge is -2.17. The third kappa shape index (κ3) is 5.19. The van der Waals surface area contributed by atoms with Gasteiger partial charge in [0, 0.05) is 18.2 Å². The third-order valence-corrected chi connectivity index (χ3v) is 4.73. The molecule has 2 aromatic rings. The van der Waals surface area contributed by atoms with Crippen molar-refractivity contribution >= 4 is 28.9 Å². The molecular formula is C19H16ClF3N2O5. The van der Waals surface area contributed by atoms with Gasteiger partial charge in [-0.05, 0) is 43.2 Å². The van der Waals surface area contributed by atoms with Crippen molar-refractivity contribution < 1.29 is 32.4 Å². The SMILES string of the molecule is O=C(Nc1cc(C(F)(F)F)ccc1OCC1CCCO1)c1ccc(Cl)c([N+](=O)[O-])c1. The Balaban J connectivity index is 1.86. The summed E-state index contributed by atoms with van der Waals surface area (Å²) in [5.41, 5.74) is -1.84. The summed E-state index contributed by atoms with van der Waals surface area (Å²) in [7, 11) is 0. The third-order valence-electron chi connectivity index (χ3n) is 4.41. The average molecular weight is 445 g/mol. The number of nitro groups is 1. The fourth-order valence-corrected chi connectivity index (χ4v) is 3.06. The first kappa shape index (κ1) is 21.8. The van der Waals surface area contributed by atoms with Gasteiger partial charge in [-0.3, -0.25) is 14.9 Å². The van der Waals surface area contributed by atoms with Gasteiger partial charge in [-0.2, -0.15) is 13.2 Å². The summed E-state index contributed by atoms with van der Waals surface area (Å²) in [4.78, 5) is 22.8. The smallest absolute Gasteiger partial charge is 0.416 e. The molecule has 1 unspecified atom stereocenters. The van der Waals surface area contributed by atoms with Crippen molar-refractivity contribution in [1.29, 1.82) is 0 Å². The van der Waals surface area contributed by atoms with E-state index in [2.05, 4.69) is 5.32 Å². The maximum Gasteiger partial charge on any atom is 0.416 e. The molecule has 7 nitrogen and oxygen atoms in total. The Bertz CT molecular complexity index is 962. The van der Waals surface area contributed by atoms with E-state index < -0.39 is 28.3 Å². The molecule has 0 aromatic heterocycles. The first-order valence-corrected chi connectivity index (χ1v) is 9.24. The van der Waals surface area contributed by atoms with Crippen LogP contribution in [0.3, 0.4) is 0 Å². The van der Waals surface area contributed by atoms with Crippen LogP contribution in [0, 0.1) is 10.1 Å². The van der Waals surface area contributed by atoms with Gasteiger partial charge in [0.15, 0.2) is 0 Å². The highest BCUT2D eigenvalue weighted by Gasteiger charge is 2.31. The van der Waals surface area contributed by atoms with Gasteiger partial charge in [-0.15, -0.1) is 0 Å². The molecule has 1 heterocycles. The zero-order valence-electron chi connectivity index (χ0n) is 15.4. The lowest BCUT2D eigenvalue weighted by Crippen LogP contribution is -2.19. The molecule has 11 heteroatoms. The van der Waals surface area contributed by atoms with Gasteiger partial charge in [-0.1, -0.05) is 11.6 Å². The second-order valence-electron chi connectivity index (χ2n) is 6.53. The summed E-state index contributed by atoms with van der Waals surface area (Å²) < 4.78 is 50.3. The van der Waals surface area contributed by atoms with Gasteiger partial charge in [0.05, 0.1) is 22.3 Å². The number of nitrogens with one attached hydrogen (secondary N) is 1. The van der Waals surface area contributed by atoms with Gasteiger partial charge in [0.1, 0.15) is 17.4 Å². The number of hydrogen-bond acceptors (Lipinski definition) is 5. The predicted molar refractivity (Wildman–Crippen MR) is 102 cm³/mol. The summed E-state index contributed by atoms with van der Waals surface area (Å²) in [6.07, 6.45) is -3.20. The van der Waals surface area contributed by atoms with Crippen molar-refractivity contribution in [3.05, 3.63) is 62.7 Å². The monoisotopic (exact) mass is 444 g/mol. The van der Waals surface area contributed by atoms with Crippen LogP contribution in [-0.4, -0.2) is 30.1 Å². The maximum absolute atomic E-state index is 13.1. The molecule has 1 aliphatic heterocycles. The van der Waals surface area contributed by atoms with Crippen LogP contribution in [0.2, 0.25) is 5.02 Å². The van der Waals surface area contributed by atoms with E-state index in [4.69, 9.17) is 21.1 Å². The Morgan fingerprint density at radius 3 is 2.70 bits per heavy atom. The van der Waals surface area contributed by atoms with E-state index in [9.17, 15) is 28.1 Å². The Morgan fingerprint density at radius 2 is 2.07 bits per heavy atom. The number of nitrogens with zero attached hydrogens (tertiary/aromatic N) is 1. The Morgan fingerprint density at radius 1 is 1.30 bits per heavy atom. The lowest BCUT2D eigenvalue weighted by atomic mass is 10.1. The summed E-state index contributed by atoms with van der Waals surface area (Å²) in [6, 6.07) is 6.03. The largest absolute Gasteiger partial charge is 0.489 e.